The fourth-order valence-electron chi connectivity index (χ4n) is 2.14. The molecule has 2 heteroatoms. The first-order valence-electron chi connectivity index (χ1n) is 6.02. The van der Waals surface area contributed by atoms with Gasteiger partial charge in [-0.2, -0.15) is 0 Å². The maximum atomic E-state index is 3.72. The van der Waals surface area contributed by atoms with Crippen molar-refractivity contribution in [2.75, 3.05) is 20.1 Å². The quantitative estimate of drug-likeness (QED) is 0.728. The Morgan fingerprint density at radius 2 is 2.00 bits per heavy atom. The lowest BCUT2D eigenvalue weighted by Gasteiger charge is -2.20. The number of hydrogen-bond acceptors (Lipinski definition) is 2. The van der Waals surface area contributed by atoms with Crippen molar-refractivity contribution >= 4 is 0 Å². The highest BCUT2D eigenvalue weighted by molar-refractivity contribution is 4.81. The summed E-state index contributed by atoms with van der Waals surface area (Å²) in [5, 5.41) is 3.72. The molecule has 2 nitrogen and oxygen atoms in total. The second-order valence-electron chi connectivity index (χ2n) is 5.29. The van der Waals surface area contributed by atoms with Crippen LogP contribution in [0, 0.1) is 5.92 Å². The third kappa shape index (κ3) is 4.43. The van der Waals surface area contributed by atoms with E-state index in [1.807, 2.05) is 0 Å². The molecule has 0 aliphatic carbocycles. The van der Waals surface area contributed by atoms with E-state index in [0.717, 1.165) is 12.0 Å². The molecule has 1 heterocycles. The fraction of sp³-hybridized carbons (Fsp3) is 1.00. The molecule has 84 valence electrons. The normalized spacial score (nSPS) is 25.9. The molecule has 1 saturated heterocycles. The minimum atomic E-state index is 0.689. The van der Waals surface area contributed by atoms with Gasteiger partial charge in [0.15, 0.2) is 0 Å². The zero-order valence-electron chi connectivity index (χ0n) is 10.2. The zero-order chi connectivity index (χ0) is 10.6. The third-order valence-electron chi connectivity index (χ3n) is 3.09. The molecular weight excluding hydrogens is 172 g/mol. The van der Waals surface area contributed by atoms with Gasteiger partial charge in [-0.15, -0.1) is 0 Å². The second-order valence-corrected chi connectivity index (χ2v) is 5.29. The molecule has 0 amide bonds. The maximum absolute atomic E-state index is 3.72. The first-order valence-corrected chi connectivity index (χ1v) is 6.02. The lowest BCUT2D eigenvalue weighted by molar-refractivity contribution is 0.370. The van der Waals surface area contributed by atoms with Gasteiger partial charge in [0.25, 0.3) is 0 Å². The largest absolute Gasteiger partial charge is 0.310 e. The van der Waals surface area contributed by atoms with E-state index in [2.05, 4.69) is 38.0 Å². The molecule has 1 aliphatic rings. The Bertz CT molecular complexity index is 156. The summed E-state index contributed by atoms with van der Waals surface area (Å²) in [6.45, 7) is 9.41. The molecular formula is C12H26N2. The van der Waals surface area contributed by atoms with Gasteiger partial charge < -0.3 is 10.2 Å². The lowest BCUT2D eigenvalue weighted by Crippen LogP contribution is -2.38. The standard InChI is InChI=1S/C12H26N2/c1-10(2)5-6-11(3)13-12-7-8-14(4)9-12/h10-13H,5-9H2,1-4H3. The molecule has 2 unspecified atom stereocenters. The van der Waals surface area contributed by atoms with E-state index >= 15 is 0 Å². The van der Waals surface area contributed by atoms with Crippen molar-refractivity contribution in [2.45, 2.75) is 52.1 Å². The van der Waals surface area contributed by atoms with Crippen LogP contribution in [0.4, 0.5) is 0 Å². The minimum absolute atomic E-state index is 0.689. The van der Waals surface area contributed by atoms with Gasteiger partial charge in [-0.05, 0) is 45.7 Å². The highest BCUT2D eigenvalue weighted by atomic mass is 15.2. The van der Waals surface area contributed by atoms with Crippen LogP contribution in [-0.2, 0) is 0 Å². The van der Waals surface area contributed by atoms with E-state index < -0.39 is 0 Å². The van der Waals surface area contributed by atoms with Crippen molar-refractivity contribution < 1.29 is 0 Å². The number of nitrogens with one attached hydrogen (secondary N) is 1. The first-order chi connectivity index (χ1) is 6.58. The molecule has 0 aromatic heterocycles. The molecule has 1 rings (SSSR count). The van der Waals surface area contributed by atoms with Crippen LogP contribution in [0.1, 0.15) is 40.0 Å². The molecule has 1 N–H and O–H groups in total. The molecule has 0 bridgehead atoms. The van der Waals surface area contributed by atoms with Crippen LogP contribution in [0.25, 0.3) is 0 Å². The summed E-state index contributed by atoms with van der Waals surface area (Å²) in [7, 11) is 2.21. The molecule has 1 aliphatic heterocycles. The molecule has 1 fully saturated rings. The van der Waals surface area contributed by atoms with Gasteiger partial charge in [-0.3, -0.25) is 0 Å². The Morgan fingerprint density at radius 1 is 1.29 bits per heavy atom. The molecule has 0 radical (unpaired) electrons. The van der Waals surface area contributed by atoms with Crippen LogP contribution in [0.3, 0.4) is 0 Å². The van der Waals surface area contributed by atoms with Crippen molar-refractivity contribution in [2.24, 2.45) is 5.92 Å². The van der Waals surface area contributed by atoms with E-state index in [-0.39, 0.29) is 0 Å². The molecule has 2 atom stereocenters. The van der Waals surface area contributed by atoms with Gasteiger partial charge in [0, 0.05) is 18.6 Å². The zero-order valence-corrected chi connectivity index (χ0v) is 10.2. The van der Waals surface area contributed by atoms with E-state index in [9.17, 15) is 0 Å². The Balaban J connectivity index is 2.10. The minimum Gasteiger partial charge on any atom is -0.310 e. The maximum Gasteiger partial charge on any atom is 0.0209 e. The van der Waals surface area contributed by atoms with Crippen LogP contribution in [0.5, 0.6) is 0 Å². The van der Waals surface area contributed by atoms with Gasteiger partial charge in [0.1, 0.15) is 0 Å². The Hall–Kier alpha value is -0.0800. The summed E-state index contributed by atoms with van der Waals surface area (Å²) in [4.78, 5) is 2.41. The van der Waals surface area contributed by atoms with Crippen LogP contribution in [-0.4, -0.2) is 37.1 Å². The molecule has 0 spiro atoms. The van der Waals surface area contributed by atoms with Crippen LogP contribution >= 0.6 is 0 Å². The number of likely N-dealkylation sites (tertiary alicyclic amines) is 1. The van der Waals surface area contributed by atoms with E-state index in [4.69, 9.17) is 0 Å². The summed E-state index contributed by atoms with van der Waals surface area (Å²) in [6, 6.07) is 1.43. The first kappa shape index (κ1) is 12.0. The molecule has 0 aromatic rings. The lowest BCUT2D eigenvalue weighted by atomic mass is 10.0. The number of likely N-dealkylation sites (N-methyl/N-ethyl adjacent to an activating group) is 1. The molecule has 0 aromatic carbocycles. The van der Waals surface area contributed by atoms with Crippen LogP contribution in [0.15, 0.2) is 0 Å². The number of hydrogen-bond donors (Lipinski definition) is 1. The van der Waals surface area contributed by atoms with Gasteiger partial charge >= 0.3 is 0 Å². The Labute approximate surface area is 89.1 Å². The monoisotopic (exact) mass is 198 g/mol. The van der Waals surface area contributed by atoms with Crippen molar-refractivity contribution in [3.05, 3.63) is 0 Å². The summed E-state index contributed by atoms with van der Waals surface area (Å²) in [5.74, 6) is 0.838. The van der Waals surface area contributed by atoms with E-state index in [1.165, 1.54) is 32.4 Å². The van der Waals surface area contributed by atoms with E-state index in [0.29, 0.717) is 6.04 Å². The van der Waals surface area contributed by atoms with Gasteiger partial charge in [-0.25, -0.2) is 0 Å². The van der Waals surface area contributed by atoms with Crippen LogP contribution < -0.4 is 5.32 Å². The van der Waals surface area contributed by atoms with E-state index in [1.54, 1.807) is 0 Å². The average Bonchev–Trinajstić information content (AvgIpc) is 2.48. The number of rotatable bonds is 5. The van der Waals surface area contributed by atoms with Crippen LogP contribution in [0.2, 0.25) is 0 Å². The summed E-state index contributed by atoms with van der Waals surface area (Å²) < 4.78 is 0. The summed E-state index contributed by atoms with van der Waals surface area (Å²) in [6.07, 6.45) is 3.98. The fourth-order valence-corrected chi connectivity index (χ4v) is 2.14. The average molecular weight is 198 g/mol. The molecule has 14 heavy (non-hydrogen) atoms. The summed E-state index contributed by atoms with van der Waals surface area (Å²) >= 11 is 0. The predicted octanol–water partition coefficient (Wildman–Crippen LogP) is 2.10. The third-order valence-corrected chi connectivity index (χ3v) is 3.09. The van der Waals surface area contributed by atoms with Gasteiger partial charge in [0.2, 0.25) is 0 Å². The topological polar surface area (TPSA) is 15.3 Å². The van der Waals surface area contributed by atoms with Crippen molar-refractivity contribution in [3.63, 3.8) is 0 Å². The van der Waals surface area contributed by atoms with Gasteiger partial charge in [0.05, 0.1) is 0 Å². The second kappa shape index (κ2) is 5.72. The highest BCUT2D eigenvalue weighted by Gasteiger charge is 2.20. The highest BCUT2D eigenvalue weighted by Crippen LogP contribution is 2.10. The predicted molar refractivity (Wildman–Crippen MR) is 62.6 cm³/mol. The van der Waals surface area contributed by atoms with Crippen molar-refractivity contribution in [1.82, 2.24) is 10.2 Å². The van der Waals surface area contributed by atoms with Crippen molar-refractivity contribution in [1.29, 1.82) is 0 Å². The molecule has 0 saturated carbocycles. The van der Waals surface area contributed by atoms with Crippen molar-refractivity contribution in [3.8, 4) is 0 Å². The number of nitrogens with zero attached hydrogens (tertiary/aromatic N) is 1. The summed E-state index contributed by atoms with van der Waals surface area (Å²) in [5.41, 5.74) is 0. The van der Waals surface area contributed by atoms with Gasteiger partial charge in [-0.1, -0.05) is 13.8 Å². The Kier molecular flexibility index (Phi) is 4.90. The SMILES string of the molecule is CC(C)CCC(C)NC1CCN(C)C1. The smallest absolute Gasteiger partial charge is 0.0209 e. The Morgan fingerprint density at radius 3 is 2.50 bits per heavy atom.